The van der Waals surface area contributed by atoms with E-state index in [1.165, 1.54) is 18.2 Å². The number of benzene rings is 1. The lowest BCUT2D eigenvalue weighted by atomic mass is 10.1. The summed E-state index contributed by atoms with van der Waals surface area (Å²) in [6.45, 7) is 1.94. The molecule has 0 aliphatic carbocycles. The molecule has 4 nitrogen and oxygen atoms in total. The van der Waals surface area contributed by atoms with Gasteiger partial charge in [-0.05, 0) is 36.6 Å². The third kappa shape index (κ3) is 1.80. The summed E-state index contributed by atoms with van der Waals surface area (Å²) in [6.07, 6.45) is 0. The molecule has 0 bridgehead atoms. The van der Waals surface area contributed by atoms with Gasteiger partial charge in [-0.3, -0.25) is 4.79 Å². The summed E-state index contributed by atoms with van der Waals surface area (Å²) < 4.78 is 14.2. The normalized spacial score (nSPS) is 10.7. The van der Waals surface area contributed by atoms with Crippen LogP contribution in [0.4, 0.5) is 4.39 Å². The van der Waals surface area contributed by atoms with E-state index >= 15 is 0 Å². The topological polar surface area (TPSA) is 59.3 Å². The summed E-state index contributed by atoms with van der Waals surface area (Å²) in [5.41, 5.74) is -0.544. The van der Waals surface area contributed by atoms with Crippen LogP contribution in [0, 0.1) is 5.82 Å². The van der Waals surface area contributed by atoms with Crippen LogP contribution >= 0.6 is 0 Å². The number of carbonyl (C=O) groups is 1. The highest BCUT2D eigenvalue weighted by Crippen LogP contribution is 2.14. The van der Waals surface area contributed by atoms with E-state index in [4.69, 9.17) is 5.11 Å². The molecule has 0 fully saturated rings. The lowest BCUT2D eigenvalue weighted by Gasteiger charge is -2.09. The van der Waals surface area contributed by atoms with Crippen molar-refractivity contribution in [3.63, 3.8) is 0 Å². The van der Waals surface area contributed by atoms with E-state index in [-0.39, 0.29) is 12.2 Å². The zero-order valence-corrected chi connectivity index (χ0v) is 9.11. The first-order chi connectivity index (χ1) is 8.04. The average molecular weight is 235 g/mol. The lowest BCUT2D eigenvalue weighted by molar-refractivity contribution is 0.0684. The number of fused-ring (bicyclic) bond motifs is 1. The molecule has 0 aliphatic heterocycles. The van der Waals surface area contributed by atoms with E-state index in [0.29, 0.717) is 10.8 Å². The van der Waals surface area contributed by atoms with Crippen LogP contribution < -0.4 is 5.56 Å². The van der Waals surface area contributed by atoms with Crippen LogP contribution in [-0.4, -0.2) is 15.6 Å². The van der Waals surface area contributed by atoms with E-state index in [1.54, 1.807) is 6.92 Å². The molecule has 2 aromatic rings. The molecule has 0 spiro atoms. The second kappa shape index (κ2) is 4.01. The number of hydrogen-bond acceptors (Lipinski definition) is 2. The SMILES string of the molecule is CCn1c(C(=O)O)cc2cc(F)ccc2c1=O. The molecule has 5 heteroatoms. The smallest absolute Gasteiger partial charge is 0.352 e. The van der Waals surface area contributed by atoms with Crippen molar-refractivity contribution in [2.75, 3.05) is 0 Å². The Morgan fingerprint density at radius 3 is 2.71 bits per heavy atom. The van der Waals surface area contributed by atoms with E-state index < -0.39 is 17.3 Å². The van der Waals surface area contributed by atoms with Crippen LogP contribution in [0.5, 0.6) is 0 Å². The van der Waals surface area contributed by atoms with Gasteiger partial charge in [0.1, 0.15) is 11.5 Å². The van der Waals surface area contributed by atoms with Gasteiger partial charge in [0.05, 0.1) is 0 Å². The third-order valence-electron chi connectivity index (χ3n) is 2.61. The second-order valence-corrected chi connectivity index (χ2v) is 3.62. The quantitative estimate of drug-likeness (QED) is 0.864. The minimum Gasteiger partial charge on any atom is -0.477 e. The van der Waals surface area contributed by atoms with E-state index in [0.717, 1.165) is 10.6 Å². The molecule has 1 heterocycles. The largest absolute Gasteiger partial charge is 0.477 e. The van der Waals surface area contributed by atoms with Crippen molar-refractivity contribution in [3.05, 3.63) is 46.1 Å². The number of nitrogens with zero attached hydrogens (tertiary/aromatic N) is 1. The lowest BCUT2D eigenvalue weighted by Crippen LogP contribution is -2.25. The molecule has 0 aliphatic rings. The Hall–Kier alpha value is -2.17. The van der Waals surface area contributed by atoms with Crippen LogP contribution in [-0.2, 0) is 6.54 Å². The minimum atomic E-state index is -1.20. The standard InChI is InChI=1S/C12H10FNO3/c1-2-14-10(12(16)17)6-7-5-8(13)3-4-9(7)11(14)15/h3-6H,2H2,1H3,(H,16,17). The Morgan fingerprint density at radius 2 is 2.12 bits per heavy atom. The number of carboxylic acid groups (broad SMARTS) is 1. The van der Waals surface area contributed by atoms with Gasteiger partial charge in [-0.2, -0.15) is 0 Å². The summed E-state index contributed by atoms with van der Waals surface area (Å²) in [5, 5.41) is 9.62. The van der Waals surface area contributed by atoms with Gasteiger partial charge in [-0.15, -0.1) is 0 Å². The molecule has 0 amide bonds. The molecule has 88 valence electrons. The molecule has 1 aromatic carbocycles. The summed E-state index contributed by atoms with van der Waals surface area (Å²) in [6, 6.07) is 5.02. The highest BCUT2D eigenvalue weighted by molar-refractivity contribution is 5.92. The fraction of sp³-hybridized carbons (Fsp3) is 0.167. The molecule has 0 radical (unpaired) electrons. The minimum absolute atomic E-state index is 0.129. The van der Waals surface area contributed by atoms with Crippen molar-refractivity contribution < 1.29 is 14.3 Å². The molecule has 0 saturated carbocycles. The zero-order chi connectivity index (χ0) is 12.6. The van der Waals surface area contributed by atoms with Crippen molar-refractivity contribution in [1.29, 1.82) is 0 Å². The van der Waals surface area contributed by atoms with Crippen molar-refractivity contribution in [2.24, 2.45) is 0 Å². The first kappa shape index (κ1) is 11.3. The van der Waals surface area contributed by atoms with Crippen LogP contribution in [0.1, 0.15) is 17.4 Å². The Balaban J connectivity index is 2.93. The molecule has 1 N–H and O–H groups in total. The third-order valence-corrected chi connectivity index (χ3v) is 2.61. The Kier molecular flexibility index (Phi) is 2.67. The fourth-order valence-corrected chi connectivity index (χ4v) is 1.82. The monoisotopic (exact) mass is 235 g/mol. The number of rotatable bonds is 2. The zero-order valence-electron chi connectivity index (χ0n) is 9.11. The van der Waals surface area contributed by atoms with E-state index in [1.807, 2.05) is 0 Å². The van der Waals surface area contributed by atoms with Crippen LogP contribution in [0.3, 0.4) is 0 Å². The van der Waals surface area contributed by atoms with Gasteiger partial charge in [0.25, 0.3) is 5.56 Å². The van der Waals surface area contributed by atoms with Gasteiger partial charge >= 0.3 is 5.97 Å². The van der Waals surface area contributed by atoms with E-state index in [2.05, 4.69) is 0 Å². The van der Waals surface area contributed by atoms with Gasteiger partial charge in [-0.25, -0.2) is 9.18 Å². The molecule has 0 atom stereocenters. The predicted octanol–water partition coefficient (Wildman–Crippen LogP) is 1.86. The number of halogens is 1. The Morgan fingerprint density at radius 1 is 1.41 bits per heavy atom. The number of aromatic nitrogens is 1. The van der Waals surface area contributed by atoms with Gasteiger partial charge in [-0.1, -0.05) is 0 Å². The Bertz CT molecular complexity index is 661. The maximum atomic E-state index is 13.0. The number of aromatic carboxylic acids is 1. The number of hydrogen-bond donors (Lipinski definition) is 1. The summed E-state index contributed by atoms with van der Waals surface area (Å²) >= 11 is 0. The van der Waals surface area contributed by atoms with Crippen LogP contribution in [0.15, 0.2) is 29.1 Å². The average Bonchev–Trinajstić information content (AvgIpc) is 2.28. The van der Waals surface area contributed by atoms with Gasteiger partial charge in [0.15, 0.2) is 0 Å². The maximum absolute atomic E-state index is 13.0. The molecule has 17 heavy (non-hydrogen) atoms. The van der Waals surface area contributed by atoms with Crippen molar-refractivity contribution in [1.82, 2.24) is 4.57 Å². The maximum Gasteiger partial charge on any atom is 0.352 e. The highest BCUT2D eigenvalue weighted by Gasteiger charge is 2.13. The van der Waals surface area contributed by atoms with Crippen molar-refractivity contribution >= 4 is 16.7 Å². The second-order valence-electron chi connectivity index (χ2n) is 3.62. The van der Waals surface area contributed by atoms with Crippen molar-refractivity contribution in [2.45, 2.75) is 13.5 Å². The fourth-order valence-electron chi connectivity index (χ4n) is 1.82. The van der Waals surface area contributed by atoms with Crippen LogP contribution in [0.2, 0.25) is 0 Å². The molecule has 2 rings (SSSR count). The first-order valence-corrected chi connectivity index (χ1v) is 5.11. The van der Waals surface area contributed by atoms with Gasteiger partial charge in [0.2, 0.25) is 0 Å². The molecule has 0 saturated heterocycles. The van der Waals surface area contributed by atoms with Crippen molar-refractivity contribution in [3.8, 4) is 0 Å². The van der Waals surface area contributed by atoms with Gasteiger partial charge < -0.3 is 9.67 Å². The number of carboxylic acids is 1. The van der Waals surface area contributed by atoms with Gasteiger partial charge in [0, 0.05) is 11.9 Å². The summed E-state index contributed by atoms with van der Waals surface area (Å²) in [7, 11) is 0. The van der Waals surface area contributed by atoms with Crippen LogP contribution in [0.25, 0.3) is 10.8 Å². The number of pyridine rings is 1. The van der Waals surface area contributed by atoms with E-state index in [9.17, 15) is 14.0 Å². The summed E-state index contributed by atoms with van der Waals surface area (Å²) in [5.74, 6) is -1.70. The highest BCUT2D eigenvalue weighted by atomic mass is 19.1. The molecular formula is C12H10FNO3. The Labute approximate surface area is 95.9 Å². The molecule has 0 unspecified atom stereocenters. The summed E-state index contributed by atoms with van der Waals surface area (Å²) in [4.78, 5) is 23.0. The molecule has 1 aromatic heterocycles. The first-order valence-electron chi connectivity index (χ1n) is 5.11. The predicted molar refractivity (Wildman–Crippen MR) is 60.8 cm³/mol. The molecular weight excluding hydrogens is 225 g/mol.